The average Bonchev–Trinajstić information content (AvgIpc) is 2.93. The van der Waals surface area contributed by atoms with Gasteiger partial charge in [-0.25, -0.2) is 9.78 Å². The van der Waals surface area contributed by atoms with Gasteiger partial charge in [0.1, 0.15) is 11.3 Å². The van der Waals surface area contributed by atoms with Gasteiger partial charge in [-0.3, -0.25) is 0 Å². The van der Waals surface area contributed by atoms with Crippen LogP contribution in [0.25, 0.3) is 0 Å². The summed E-state index contributed by atoms with van der Waals surface area (Å²) in [6.07, 6.45) is 2.07. The minimum Gasteiger partial charge on any atom is -0.442 e. The third-order valence-electron chi connectivity index (χ3n) is 6.34. The summed E-state index contributed by atoms with van der Waals surface area (Å²) in [5.74, 6) is 0.679. The molecule has 0 radical (unpaired) electrons. The first-order valence-electron chi connectivity index (χ1n) is 13.0. The maximum absolute atomic E-state index is 13.8. The number of carbonyl (C=O) groups is 1. The lowest BCUT2D eigenvalue weighted by Gasteiger charge is -2.33. The SMILES string of the molecule is CC(C)(C)OC(=O)N(N=C(c1ccccc1)c1ccccc1)c1cccnc1N1CCc2ccc(Br)cc2C1. The number of rotatable bonds is 5. The quantitative estimate of drug-likeness (QED) is 0.179. The maximum Gasteiger partial charge on any atom is 0.435 e. The molecule has 0 atom stereocenters. The molecular weight excluding hydrogens is 552 g/mol. The van der Waals surface area contributed by atoms with Crippen LogP contribution >= 0.6 is 15.9 Å². The maximum atomic E-state index is 13.8. The Bertz CT molecular complexity index is 1440. The molecule has 1 amide bonds. The Kier molecular flexibility index (Phi) is 7.79. The normalized spacial score (nSPS) is 12.9. The number of anilines is 2. The minimum absolute atomic E-state index is 0.564. The molecule has 1 aromatic heterocycles. The zero-order valence-electron chi connectivity index (χ0n) is 22.3. The average molecular weight is 584 g/mol. The molecule has 0 N–H and O–H groups in total. The van der Waals surface area contributed by atoms with E-state index in [-0.39, 0.29) is 0 Å². The number of nitrogens with zero attached hydrogens (tertiary/aromatic N) is 4. The molecule has 0 fully saturated rings. The lowest BCUT2D eigenvalue weighted by molar-refractivity contribution is 0.0581. The second-order valence-corrected chi connectivity index (χ2v) is 11.3. The molecule has 198 valence electrons. The molecule has 6 nitrogen and oxygen atoms in total. The van der Waals surface area contributed by atoms with Crippen LogP contribution in [0.15, 0.2) is 107 Å². The predicted molar refractivity (Wildman–Crippen MR) is 160 cm³/mol. The molecule has 2 heterocycles. The number of fused-ring (bicyclic) bond motifs is 1. The Labute approximate surface area is 238 Å². The number of ether oxygens (including phenoxy) is 1. The van der Waals surface area contributed by atoms with E-state index in [4.69, 9.17) is 14.8 Å². The number of hydrogen-bond acceptors (Lipinski definition) is 5. The number of benzene rings is 3. The Morgan fingerprint density at radius 2 is 1.59 bits per heavy atom. The monoisotopic (exact) mass is 582 g/mol. The molecule has 0 bridgehead atoms. The lowest BCUT2D eigenvalue weighted by Crippen LogP contribution is -2.37. The van der Waals surface area contributed by atoms with Crippen LogP contribution in [0, 0.1) is 0 Å². The highest BCUT2D eigenvalue weighted by Crippen LogP contribution is 2.33. The van der Waals surface area contributed by atoms with Crippen LogP contribution in [0.3, 0.4) is 0 Å². The van der Waals surface area contributed by atoms with Gasteiger partial charge in [0.15, 0.2) is 5.82 Å². The topological polar surface area (TPSA) is 58.0 Å². The molecule has 0 aliphatic carbocycles. The highest BCUT2D eigenvalue weighted by Gasteiger charge is 2.29. The van der Waals surface area contributed by atoms with Crippen molar-refractivity contribution in [3.8, 4) is 0 Å². The molecule has 3 aromatic carbocycles. The van der Waals surface area contributed by atoms with Crippen LogP contribution < -0.4 is 9.91 Å². The first kappa shape index (κ1) is 26.6. The van der Waals surface area contributed by atoms with Gasteiger partial charge in [-0.2, -0.15) is 10.1 Å². The number of carbonyl (C=O) groups excluding carboxylic acids is 1. The first-order valence-corrected chi connectivity index (χ1v) is 13.8. The van der Waals surface area contributed by atoms with E-state index in [9.17, 15) is 4.79 Å². The molecular formula is C32H31BrN4O2. The Morgan fingerprint density at radius 3 is 2.23 bits per heavy atom. The zero-order chi connectivity index (χ0) is 27.4. The fourth-order valence-electron chi connectivity index (χ4n) is 4.58. The largest absolute Gasteiger partial charge is 0.442 e. The van der Waals surface area contributed by atoms with Gasteiger partial charge in [-0.15, -0.1) is 0 Å². The van der Waals surface area contributed by atoms with Gasteiger partial charge in [0.25, 0.3) is 0 Å². The predicted octanol–water partition coefficient (Wildman–Crippen LogP) is 7.60. The second kappa shape index (κ2) is 11.4. The van der Waals surface area contributed by atoms with Crippen molar-refractivity contribution in [3.05, 3.63) is 124 Å². The van der Waals surface area contributed by atoms with Crippen molar-refractivity contribution >= 4 is 39.2 Å². The number of aromatic nitrogens is 1. The Hall–Kier alpha value is -3.97. The van der Waals surface area contributed by atoms with Gasteiger partial charge in [0, 0.05) is 34.9 Å². The number of amides is 1. The third kappa shape index (κ3) is 6.37. The molecule has 0 saturated carbocycles. The fourth-order valence-corrected chi connectivity index (χ4v) is 4.98. The summed E-state index contributed by atoms with van der Waals surface area (Å²) < 4.78 is 6.91. The van der Waals surface area contributed by atoms with E-state index < -0.39 is 11.7 Å². The van der Waals surface area contributed by atoms with Crippen molar-refractivity contribution in [2.45, 2.75) is 39.3 Å². The molecule has 0 saturated heterocycles. The highest BCUT2D eigenvalue weighted by molar-refractivity contribution is 9.10. The molecule has 4 aromatic rings. The molecule has 5 rings (SSSR count). The molecule has 0 unspecified atom stereocenters. The smallest absolute Gasteiger partial charge is 0.435 e. The molecule has 0 spiro atoms. The standard InChI is InChI=1S/C32H31BrN4O2/c1-32(2,3)39-31(38)37(35-29(24-11-6-4-7-12-24)25-13-8-5-9-14-25)28-15-10-19-34-30(28)36-20-18-23-16-17-27(33)21-26(23)22-36/h4-17,19,21H,18,20,22H2,1-3H3. The van der Waals surface area contributed by atoms with Gasteiger partial charge < -0.3 is 9.64 Å². The fraction of sp³-hybridized carbons (Fsp3) is 0.219. The van der Waals surface area contributed by atoms with Crippen LogP contribution in [-0.4, -0.2) is 28.9 Å². The van der Waals surface area contributed by atoms with Crippen LogP contribution in [0.4, 0.5) is 16.3 Å². The summed E-state index contributed by atoms with van der Waals surface area (Å²) in [7, 11) is 0. The van der Waals surface area contributed by atoms with Crippen molar-refractivity contribution in [1.82, 2.24) is 4.98 Å². The Morgan fingerprint density at radius 1 is 0.923 bits per heavy atom. The Balaban J connectivity index is 1.63. The molecule has 7 heteroatoms. The number of halogens is 1. The van der Waals surface area contributed by atoms with Crippen LogP contribution in [0.1, 0.15) is 43.0 Å². The van der Waals surface area contributed by atoms with E-state index in [1.54, 1.807) is 6.20 Å². The van der Waals surface area contributed by atoms with E-state index in [0.29, 0.717) is 23.8 Å². The molecule has 1 aliphatic rings. The summed E-state index contributed by atoms with van der Waals surface area (Å²) in [5, 5.41) is 6.35. The number of hydrazone groups is 1. The lowest BCUT2D eigenvalue weighted by atomic mass is 10.00. The summed E-state index contributed by atoms with van der Waals surface area (Å²) in [4.78, 5) is 20.7. The van der Waals surface area contributed by atoms with E-state index in [2.05, 4.69) is 39.0 Å². The first-order chi connectivity index (χ1) is 18.8. The van der Waals surface area contributed by atoms with Crippen molar-refractivity contribution in [2.75, 3.05) is 16.5 Å². The summed E-state index contributed by atoms with van der Waals surface area (Å²) in [6, 6.07) is 29.8. The third-order valence-corrected chi connectivity index (χ3v) is 6.83. The van der Waals surface area contributed by atoms with E-state index in [1.165, 1.54) is 16.1 Å². The van der Waals surface area contributed by atoms with Crippen molar-refractivity contribution in [3.63, 3.8) is 0 Å². The van der Waals surface area contributed by atoms with Crippen molar-refractivity contribution in [1.29, 1.82) is 0 Å². The van der Waals surface area contributed by atoms with Crippen molar-refractivity contribution in [2.24, 2.45) is 5.10 Å². The second-order valence-electron chi connectivity index (χ2n) is 10.4. The van der Waals surface area contributed by atoms with Gasteiger partial charge in [-0.1, -0.05) is 82.7 Å². The highest BCUT2D eigenvalue weighted by atomic mass is 79.9. The van der Waals surface area contributed by atoms with Crippen LogP contribution in [0.2, 0.25) is 0 Å². The summed E-state index contributed by atoms with van der Waals surface area (Å²) in [6.45, 7) is 7.01. The van der Waals surface area contributed by atoms with Gasteiger partial charge in [0.05, 0.1) is 5.71 Å². The van der Waals surface area contributed by atoms with E-state index >= 15 is 0 Å². The van der Waals surface area contributed by atoms with Gasteiger partial charge in [-0.05, 0) is 62.6 Å². The zero-order valence-corrected chi connectivity index (χ0v) is 23.9. The number of pyridine rings is 1. The molecule has 1 aliphatic heterocycles. The van der Waals surface area contributed by atoms with Gasteiger partial charge in [0.2, 0.25) is 0 Å². The van der Waals surface area contributed by atoms with E-state index in [1.807, 2.05) is 93.6 Å². The minimum atomic E-state index is -0.705. The van der Waals surface area contributed by atoms with Crippen LogP contribution in [-0.2, 0) is 17.7 Å². The summed E-state index contributed by atoms with van der Waals surface area (Å²) >= 11 is 3.60. The number of hydrogen-bond donors (Lipinski definition) is 0. The van der Waals surface area contributed by atoms with Crippen molar-refractivity contribution < 1.29 is 9.53 Å². The summed E-state index contributed by atoms with van der Waals surface area (Å²) in [5.41, 5.74) is 4.85. The molecule has 39 heavy (non-hydrogen) atoms. The van der Waals surface area contributed by atoms with Gasteiger partial charge >= 0.3 is 6.09 Å². The van der Waals surface area contributed by atoms with E-state index in [0.717, 1.165) is 28.6 Å². The van der Waals surface area contributed by atoms with Crippen LogP contribution in [0.5, 0.6) is 0 Å².